The Kier molecular flexibility index (Phi) is 4.89. The third-order valence-corrected chi connectivity index (χ3v) is 4.69. The number of anilines is 2. The number of carbonyl (C=O) groups excluding carboxylic acids is 3. The molecule has 134 valence electrons. The smallest absolute Gasteiger partial charge is 0.229 e. The predicted octanol–water partition coefficient (Wildman–Crippen LogP) is 3.50. The summed E-state index contributed by atoms with van der Waals surface area (Å²) in [5.74, 6) is -0.718. The molecule has 3 rings (SSSR count). The van der Waals surface area contributed by atoms with E-state index in [0.29, 0.717) is 17.8 Å². The molecule has 1 aliphatic rings. The van der Waals surface area contributed by atoms with Crippen molar-refractivity contribution in [2.24, 2.45) is 5.92 Å². The van der Waals surface area contributed by atoms with Gasteiger partial charge in [-0.3, -0.25) is 14.4 Å². The van der Waals surface area contributed by atoms with Gasteiger partial charge in [0.25, 0.3) is 0 Å². The molecule has 2 aromatic rings. The Morgan fingerprint density at radius 3 is 2.62 bits per heavy atom. The molecule has 1 atom stereocenters. The first-order valence-corrected chi connectivity index (χ1v) is 8.64. The van der Waals surface area contributed by atoms with Crippen molar-refractivity contribution in [3.05, 3.63) is 59.2 Å². The van der Waals surface area contributed by atoms with Crippen molar-refractivity contribution in [3.63, 3.8) is 0 Å². The summed E-state index contributed by atoms with van der Waals surface area (Å²) in [6, 6.07) is 12.8. The topological polar surface area (TPSA) is 66.5 Å². The Bertz CT molecular complexity index is 889. The highest BCUT2D eigenvalue weighted by atomic mass is 16.2. The van der Waals surface area contributed by atoms with Gasteiger partial charge in [-0.05, 0) is 50.1 Å². The third kappa shape index (κ3) is 3.67. The predicted molar refractivity (Wildman–Crippen MR) is 101 cm³/mol. The number of hydrogen-bond acceptors (Lipinski definition) is 3. The first-order chi connectivity index (χ1) is 12.3. The number of rotatable bonds is 4. The maximum atomic E-state index is 12.6. The minimum absolute atomic E-state index is 0.0451. The minimum atomic E-state index is -0.414. The van der Waals surface area contributed by atoms with E-state index in [1.165, 1.54) is 6.92 Å². The van der Waals surface area contributed by atoms with Crippen LogP contribution in [0.2, 0.25) is 0 Å². The van der Waals surface area contributed by atoms with E-state index < -0.39 is 5.92 Å². The van der Waals surface area contributed by atoms with Gasteiger partial charge in [0, 0.05) is 29.9 Å². The quantitative estimate of drug-likeness (QED) is 0.858. The van der Waals surface area contributed by atoms with Gasteiger partial charge in [-0.25, -0.2) is 0 Å². The molecule has 0 radical (unpaired) electrons. The van der Waals surface area contributed by atoms with Crippen LogP contribution in [-0.2, 0) is 9.59 Å². The van der Waals surface area contributed by atoms with Crippen LogP contribution in [0.25, 0.3) is 0 Å². The van der Waals surface area contributed by atoms with Gasteiger partial charge >= 0.3 is 0 Å². The Labute approximate surface area is 153 Å². The van der Waals surface area contributed by atoms with Crippen molar-refractivity contribution in [1.29, 1.82) is 0 Å². The largest absolute Gasteiger partial charge is 0.326 e. The van der Waals surface area contributed by atoms with Gasteiger partial charge in [0.2, 0.25) is 11.8 Å². The standard InChI is InChI=1S/C21H22N2O3/c1-13-7-8-14(2)19(9-13)23-12-17(11-20(23)25)21(26)22-18-6-4-5-16(10-18)15(3)24/h4-10,17H,11-12H2,1-3H3,(H,22,26)/t17-/m1/s1. The van der Waals surface area contributed by atoms with Gasteiger partial charge in [-0.1, -0.05) is 24.3 Å². The van der Waals surface area contributed by atoms with Crippen molar-refractivity contribution < 1.29 is 14.4 Å². The van der Waals surface area contributed by atoms with Crippen LogP contribution in [0.5, 0.6) is 0 Å². The minimum Gasteiger partial charge on any atom is -0.326 e. The normalized spacial score (nSPS) is 16.7. The molecule has 2 amide bonds. The van der Waals surface area contributed by atoms with Crippen LogP contribution in [0.15, 0.2) is 42.5 Å². The van der Waals surface area contributed by atoms with E-state index in [0.717, 1.165) is 16.8 Å². The summed E-state index contributed by atoms with van der Waals surface area (Å²) in [6.07, 6.45) is 0.186. The number of aryl methyl sites for hydroxylation is 2. The van der Waals surface area contributed by atoms with E-state index >= 15 is 0 Å². The highest BCUT2D eigenvalue weighted by molar-refractivity contribution is 6.04. The molecular formula is C21H22N2O3. The lowest BCUT2D eigenvalue weighted by atomic mass is 10.1. The van der Waals surface area contributed by atoms with Gasteiger partial charge < -0.3 is 10.2 Å². The van der Waals surface area contributed by atoms with Crippen LogP contribution in [0.1, 0.15) is 34.8 Å². The summed E-state index contributed by atoms with van der Waals surface area (Å²) >= 11 is 0. The van der Waals surface area contributed by atoms with Crippen LogP contribution in [0.3, 0.4) is 0 Å². The van der Waals surface area contributed by atoms with Gasteiger partial charge in [0.1, 0.15) is 0 Å². The van der Waals surface area contributed by atoms with Gasteiger partial charge in [-0.15, -0.1) is 0 Å². The van der Waals surface area contributed by atoms with E-state index in [-0.39, 0.29) is 24.0 Å². The van der Waals surface area contributed by atoms with Crippen molar-refractivity contribution in [2.75, 3.05) is 16.8 Å². The number of nitrogens with zero attached hydrogens (tertiary/aromatic N) is 1. The molecule has 1 aliphatic heterocycles. The number of carbonyl (C=O) groups is 3. The van der Waals surface area contributed by atoms with Gasteiger partial charge in [0.15, 0.2) is 5.78 Å². The monoisotopic (exact) mass is 350 g/mol. The molecule has 5 nitrogen and oxygen atoms in total. The molecule has 1 N–H and O–H groups in total. The maximum Gasteiger partial charge on any atom is 0.229 e. The zero-order chi connectivity index (χ0) is 18.8. The maximum absolute atomic E-state index is 12.6. The summed E-state index contributed by atoms with van der Waals surface area (Å²) in [5, 5.41) is 2.83. The number of nitrogens with one attached hydrogen (secondary N) is 1. The second-order valence-corrected chi connectivity index (χ2v) is 6.82. The highest BCUT2D eigenvalue weighted by Crippen LogP contribution is 2.29. The molecule has 0 aliphatic carbocycles. The van der Waals surface area contributed by atoms with Crippen LogP contribution in [-0.4, -0.2) is 24.1 Å². The van der Waals surface area contributed by atoms with E-state index in [1.54, 1.807) is 29.2 Å². The van der Waals surface area contributed by atoms with Crippen LogP contribution in [0.4, 0.5) is 11.4 Å². The molecule has 0 saturated carbocycles. The fourth-order valence-electron chi connectivity index (χ4n) is 3.19. The second-order valence-electron chi connectivity index (χ2n) is 6.82. The Balaban J connectivity index is 1.74. The highest BCUT2D eigenvalue weighted by Gasteiger charge is 2.35. The average Bonchev–Trinajstić information content (AvgIpc) is 2.99. The van der Waals surface area contributed by atoms with Crippen molar-refractivity contribution in [1.82, 2.24) is 0 Å². The molecule has 1 fully saturated rings. The molecule has 0 unspecified atom stereocenters. The molecule has 1 heterocycles. The molecule has 0 spiro atoms. The number of ketones is 1. The number of benzene rings is 2. The molecule has 0 aromatic heterocycles. The lowest BCUT2D eigenvalue weighted by Gasteiger charge is -2.19. The number of Topliss-reactive ketones (excluding diaryl/α,β-unsaturated/α-hetero) is 1. The molecule has 26 heavy (non-hydrogen) atoms. The Morgan fingerprint density at radius 2 is 1.88 bits per heavy atom. The Hall–Kier alpha value is -2.95. The van der Waals surface area contributed by atoms with Crippen molar-refractivity contribution in [3.8, 4) is 0 Å². The number of amides is 2. The van der Waals surface area contributed by atoms with Gasteiger partial charge in [0.05, 0.1) is 5.92 Å². The van der Waals surface area contributed by atoms with Crippen LogP contribution < -0.4 is 10.2 Å². The molecule has 1 saturated heterocycles. The Morgan fingerprint density at radius 1 is 1.12 bits per heavy atom. The number of hydrogen-bond donors (Lipinski definition) is 1. The molecule has 0 bridgehead atoms. The average molecular weight is 350 g/mol. The molecule has 2 aromatic carbocycles. The van der Waals surface area contributed by atoms with E-state index in [1.807, 2.05) is 32.0 Å². The summed E-state index contributed by atoms with van der Waals surface area (Å²) in [6.45, 7) is 5.79. The van der Waals surface area contributed by atoms with E-state index in [4.69, 9.17) is 0 Å². The van der Waals surface area contributed by atoms with Crippen molar-refractivity contribution in [2.45, 2.75) is 27.2 Å². The zero-order valence-corrected chi connectivity index (χ0v) is 15.2. The SMILES string of the molecule is CC(=O)c1cccc(NC(=O)[C@@H]2CC(=O)N(c3cc(C)ccc3C)C2)c1. The third-order valence-electron chi connectivity index (χ3n) is 4.69. The van der Waals surface area contributed by atoms with E-state index in [2.05, 4.69) is 5.32 Å². The summed E-state index contributed by atoms with van der Waals surface area (Å²) < 4.78 is 0. The second kappa shape index (κ2) is 7.12. The fraction of sp³-hybridized carbons (Fsp3) is 0.286. The molecular weight excluding hydrogens is 328 g/mol. The van der Waals surface area contributed by atoms with Crippen LogP contribution >= 0.6 is 0 Å². The van der Waals surface area contributed by atoms with E-state index in [9.17, 15) is 14.4 Å². The lowest BCUT2D eigenvalue weighted by molar-refractivity contribution is -0.122. The summed E-state index contributed by atoms with van der Waals surface area (Å²) in [5.41, 5.74) is 4.07. The zero-order valence-electron chi connectivity index (χ0n) is 15.2. The fourth-order valence-corrected chi connectivity index (χ4v) is 3.19. The first kappa shape index (κ1) is 17.9. The summed E-state index contributed by atoms with van der Waals surface area (Å²) in [4.78, 5) is 38.2. The lowest BCUT2D eigenvalue weighted by Crippen LogP contribution is -2.28. The van der Waals surface area contributed by atoms with Gasteiger partial charge in [-0.2, -0.15) is 0 Å². The van der Waals surface area contributed by atoms with Crippen LogP contribution in [0, 0.1) is 19.8 Å². The van der Waals surface area contributed by atoms with Crippen molar-refractivity contribution >= 4 is 29.0 Å². The molecule has 5 heteroatoms. The summed E-state index contributed by atoms with van der Waals surface area (Å²) in [7, 11) is 0. The first-order valence-electron chi connectivity index (χ1n) is 8.64.